The summed E-state index contributed by atoms with van der Waals surface area (Å²) in [5.41, 5.74) is 10.3. The molecule has 1 saturated carbocycles. The third-order valence-electron chi connectivity index (χ3n) is 6.44. The molecule has 8 nitrogen and oxygen atoms in total. The Labute approximate surface area is 201 Å². The molecule has 2 unspecified atom stereocenters. The number of nitrogens with zero attached hydrogens (tertiary/aromatic N) is 5. The molecular weight excluding hydrogens is 445 g/mol. The van der Waals surface area contributed by atoms with Gasteiger partial charge in [0, 0.05) is 36.4 Å². The number of nitrogens with one attached hydrogen (secondary N) is 1. The number of aryl methyl sites for hydroxylation is 2. The molecule has 1 aliphatic rings. The van der Waals surface area contributed by atoms with Crippen LogP contribution in [0.25, 0.3) is 33.1 Å². The monoisotopic (exact) mass is 469 g/mol. The standard InChI is InChI=1S/C26H24FN7O/c1-14-9-16-19(29-12-14)4-5-20(25(16)27)32-26-24-21(30-13-31-26)10-15(18-7-8-34(2)33-18)11-23(24)35-22-6-3-17(22)28/h4-5,7-13,17,22H,3,6,28H2,1-2H3,(H,30,31,32). The van der Waals surface area contributed by atoms with Crippen LogP contribution in [0.15, 0.2) is 55.1 Å². The minimum atomic E-state index is -0.390. The summed E-state index contributed by atoms with van der Waals surface area (Å²) in [6.07, 6.45) is 6.75. The van der Waals surface area contributed by atoms with Crippen LogP contribution in [-0.4, -0.2) is 36.9 Å². The van der Waals surface area contributed by atoms with E-state index in [4.69, 9.17) is 10.5 Å². The van der Waals surface area contributed by atoms with Crippen molar-refractivity contribution in [1.29, 1.82) is 0 Å². The maximum atomic E-state index is 15.4. The molecule has 0 amide bonds. The van der Waals surface area contributed by atoms with Crippen LogP contribution in [0, 0.1) is 12.7 Å². The molecule has 0 spiro atoms. The SMILES string of the molecule is Cc1cnc2ccc(Nc3ncnc4cc(-c5ccn(C)n5)cc(OC5CCC5N)c34)c(F)c2c1. The Morgan fingerprint density at radius 3 is 2.71 bits per heavy atom. The Balaban J connectivity index is 1.48. The number of ether oxygens (including phenoxy) is 1. The molecule has 1 aliphatic carbocycles. The summed E-state index contributed by atoms with van der Waals surface area (Å²) in [6, 6.07) is 11.0. The largest absolute Gasteiger partial charge is 0.488 e. The molecule has 6 rings (SSSR count). The molecule has 3 aromatic heterocycles. The Bertz CT molecular complexity index is 1580. The van der Waals surface area contributed by atoms with Gasteiger partial charge in [-0.3, -0.25) is 9.67 Å². The molecule has 0 radical (unpaired) electrons. The van der Waals surface area contributed by atoms with E-state index in [0.717, 1.165) is 29.7 Å². The number of rotatable bonds is 5. The van der Waals surface area contributed by atoms with Crippen molar-refractivity contribution in [3.63, 3.8) is 0 Å². The van der Waals surface area contributed by atoms with Gasteiger partial charge in [0.15, 0.2) is 5.82 Å². The summed E-state index contributed by atoms with van der Waals surface area (Å²) >= 11 is 0. The van der Waals surface area contributed by atoms with Crippen LogP contribution in [-0.2, 0) is 7.05 Å². The van der Waals surface area contributed by atoms with Crippen LogP contribution >= 0.6 is 0 Å². The van der Waals surface area contributed by atoms with Crippen molar-refractivity contribution in [3.8, 4) is 17.0 Å². The molecule has 2 atom stereocenters. The average Bonchev–Trinajstić information content (AvgIpc) is 3.29. The molecule has 0 bridgehead atoms. The van der Waals surface area contributed by atoms with Crippen molar-refractivity contribution in [2.75, 3.05) is 5.32 Å². The van der Waals surface area contributed by atoms with Crippen LogP contribution in [0.3, 0.4) is 0 Å². The summed E-state index contributed by atoms with van der Waals surface area (Å²) in [5.74, 6) is 0.647. The topological polar surface area (TPSA) is 104 Å². The van der Waals surface area contributed by atoms with Crippen molar-refractivity contribution >= 4 is 33.3 Å². The molecule has 35 heavy (non-hydrogen) atoms. The third-order valence-corrected chi connectivity index (χ3v) is 6.44. The van der Waals surface area contributed by atoms with Crippen molar-refractivity contribution in [3.05, 3.63) is 66.5 Å². The molecule has 2 aromatic carbocycles. The van der Waals surface area contributed by atoms with Gasteiger partial charge in [0.25, 0.3) is 0 Å². The number of hydrogen-bond acceptors (Lipinski definition) is 7. The smallest absolute Gasteiger partial charge is 0.156 e. The molecular formula is C26H24FN7O. The fourth-order valence-corrected chi connectivity index (χ4v) is 4.36. The summed E-state index contributed by atoms with van der Waals surface area (Å²) in [6.45, 7) is 1.89. The van der Waals surface area contributed by atoms with Gasteiger partial charge in [0.2, 0.25) is 0 Å². The van der Waals surface area contributed by atoms with E-state index in [2.05, 4.69) is 25.4 Å². The highest BCUT2D eigenvalue weighted by Crippen LogP contribution is 2.38. The van der Waals surface area contributed by atoms with Crippen molar-refractivity contribution in [2.45, 2.75) is 31.9 Å². The molecule has 176 valence electrons. The summed E-state index contributed by atoms with van der Waals surface area (Å²) in [7, 11) is 1.87. The third kappa shape index (κ3) is 3.83. The number of hydrogen-bond donors (Lipinski definition) is 2. The molecule has 9 heteroatoms. The minimum absolute atomic E-state index is 0.0294. The first-order valence-corrected chi connectivity index (χ1v) is 11.5. The fourth-order valence-electron chi connectivity index (χ4n) is 4.36. The number of halogens is 1. The van der Waals surface area contributed by atoms with Crippen molar-refractivity contribution in [2.24, 2.45) is 12.8 Å². The lowest BCUT2D eigenvalue weighted by atomic mass is 9.90. The van der Waals surface area contributed by atoms with E-state index in [0.29, 0.717) is 39.1 Å². The summed E-state index contributed by atoms with van der Waals surface area (Å²) < 4.78 is 23.5. The lowest BCUT2D eigenvalue weighted by molar-refractivity contribution is 0.0949. The Hall–Kier alpha value is -4.11. The zero-order valence-electron chi connectivity index (χ0n) is 19.4. The van der Waals surface area contributed by atoms with E-state index in [1.54, 1.807) is 29.1 Å². The Morgan fingerprint density at radius 2 is 1.97 bits per heavy atom. The number of nitrogens with two attached hydrogens (primary N) is 1. The normalized spacial score (nSPS) is 17.5. The summed E-state index contributed by atoms with van der Waals surface area (Å²) in [5, 5.41) is 8.79. The maximum absolute atomic E-state index is 15.4. The highest BCUT2D eigenvalue weighted by molar-refractivity contribution is 5.99. The molecule has 5 aromatic rings. The van der Waals surface area contributed by atoms with Crippen LogP contribution in [0.2, 0.25) is 0 Å². The predicted octanol–water partition coefficient (Wildman–Crippen LogP) is 4.64. The van der Waals surface area contributed by atoms with Gasteiger partial charge < -0.3 is 15.8 Å². The van der Waals surface area contributed by atoms with Crippen LogP contribution in [0.4, 0.5) is 15.9 Å². The Morgan fingerprint density at radius 1 is 1.09 bits per heavy atom. The first kappa shape index (κ1) is 21.4. The zero-order chi connectivity index (χ0) is 24.1. The number of fused-ring (bicyclic) bond motifs is 2. The zero-order valence-corrected chi connectivity index (χ0v) is 19.4. The van der Waals surface area contributed by atoms with Gasteiger partial charge in [0.1, 0.15) is 24.0 Å². The highest BCUT2D eigenvalue weighted by atomic mass is 19.1. The van der Waals surface area contributed by atoms with E-state index in [1.165, 1.54) is 6.33 Å². The quantitative estimate of drug-likeness (QED) is 0.386. The first-order chi connectivity index (χ1) is 17.0. The maximum Gasteiger partial charge on any atom is 0.156 e. The van der Waals surface area contributed by atoms with E-state index in [9.17, 15) is 0 Å². The van der Waals surface area contributed by atoms with Gasteiger partial charge in [-0.15, -0.1) is 0 Å². The van der Waals surface area contributed by atoms with E-state index in [-0.39, 0.29) is 18.0 Å². The van der Waals surface area contributed by atoms with Gasteiger partial charge in [-0.25, -0.2) is 14.4 Å². The second kappa shape index (κ2) is 8.28. The predicted molar refractivity (Wildman–Crippen MR) is 133 cm³/mol. The molecule has 3 N–H and O–H groups in total. The van der Waals surface area contributed by atoms with Crippen molar-refractivity contribution < 1.29 is 9.13 Å². The number of aromatic nitrogens is 5. The van der Waals surface area contributed by atoms with Gasteiger partial charge in [-0.05, 0) is 61.7 Å². The number of benzene rings is 2. The lowest BCUT2D eigenvalue weighted by Gasteiger charge is -2.34. The highest BCUT2D eigenvalue weighted by Gasteiger charge is 2.30. The van der Waals surface area contributed by atoms with Gasteiger partial charge in [0.05, 0.1) is 27.8 Å². The van der Waals surface area contributed by atoms with E-state index in [1.807, 2.05) is 38.4 Å². The van der Waals surface area contributed by atoms with Crippen LogP contribution in [0.5, 0.6) is 5.75 Å². The molecule has 0 saturated heterocycles. The van der Waals surface area contributed by atoms with Crippen LogP contribution in [0.1, 0.15) is 18.4 Å². The number of anilines is 2. The van der Waals surface area contributed by atoms with Gasteiger partial charge in [-0.2, -0.15) is 5.10 Å². The fraction of sp³-hybridized carbons (Fsp3) is 0.231. The second-order valence-corrected chi connectivity index (χ2v) is 8.99. The first-order valence-electron chi connectivity index (χ1n) is 11.5. The molecule has 0 aliphatic heterocycles. The Kier molecular flexibility index (Phi) is 5.07. The second-order valence-electron chi connectivity index (χ2n) is 8.99. The lowest BCUT2D eigenvalue weighted by Crippen LogP contribution is -2.47. The van der Waals surface area contributed by atoms with E-state index < -0.39 is 0 Å². The van der Waals surface area contributed by atoms with Crippen molar-refractivity contribution in [1.82, 2.24) is 24.7 Å². The average molecular weight is 470 g/mol. The molecule has 1 fully saturated rings. The van der Waals surface area contributed by atoms with Gasteiger partial charge >= 0.3 is 0 Å². The summed E-state index contributed by atoms with van der Waals surface area (Å²) in [4.78, 5) is 13.2. The minimum Gasteiger partial charge on any atom is -0.488 e. The van der Waals surface area contributed by atoms with Gasteiger partial charge in [-0.1, -0.05) is 0 Å². The molecule has 3 heterocycles. The van der Waals surface area contributed by atoms with E-state index >= 15 is 4.39 Å². The number of pyridine rings is 1. The van der Waals surface area contributed by atoms with Crippen LogP contribution < -0.4 is 15.8 Å².